The summed E-state index contributed by atoms with van der Waals surface area (Å²) in [7, 11) is 0. The van der Waals surface area contributed by atoms with Crippen LogP contribution < -0.4 is 31.4 Å². The Morgan fingerprint density at radius 3 is 1.57 bits per heavy atom. The number of allylic oxidation sites excluding steroid dienone is 2. The van der Waals surface area contributed by atoms with Crippen molar-refractivity contribution in [2.45, 2.75) is 26.7 Å². The predicted molar refractivity (Wildman–Crippen MR) is 86.9 cm³/mol. The third-order valence-corrected chi connectivity index (χ3v) is 7.85. The zero-order valence-corrected chi connectivity index (χ0v) is 17.3. The molecule has 2 aromatic rings. The molecule has 0 aliphatic heterocycles. The zero-order chi connectivity index (χ0) is 14.4. The molecule has 2 aliphatic carbocycles. The van der Waals surface area contributed by atoms with Crippen LogP contribution in [0.3, 0.4) is 0 Å². The van der Waals surface area contributed by atoms with E-state index in [1.807, 2.05) is 0 Å². The molecule has 3 heteroatoms. The molecule has 0 bridgehead atoms. The normalized spacial score (nSPS) is 13.8. The van der Waals surface area contributed by atoms with Gasteiger partial charge in [0.25, 0.3) is 0 Å². The van der Waals surface area contributed by atoms with Gasteiger partial charge in [0.1, 0.15) is 0 Å². The standard InChI is InChI=1S/2C10H9.2ClH.Zr/c2*1-8-6-9-4-2-3-5-10(9)7-8;;;/h2*2-4,7H,6H2,1H3;2*1H;/q;;;;+2/p-2. The molecule has 0 saturated heterocycles. The van der Waals surface area contributed by atoms with Crippen LogP contribution in [-0.4, -0.2) is 0 Å². The van der Waals surface area contributed by atoms with Gasteiger partial charge in [0.05, 0.1) is 0 Å². The van der Waals surface area contributed by atoms with E-state index in [1.54, 1.807) is 6.54 Å². The molecule has 0 N–H and O–H groups in total. The Labute approximate surface area is 162 Å². The predicted octanol–water partition coefficient (Wildman–Crippen LogP) is -2.35. The fourth-order valence-corrected chi connectivity index (χ4v) is 6.84. The fourth-order valence-electron chi connectivity index (χ4n) is 3.43. The summed E-state index contributed by atoms with van der Waals surface area (Å²) in [6.07, 6.45) is 7.12. The zero-order valence-electron chi connectivity index (χ0n) is 13.3. The van der Waals surface area contributed by atoms with Crippen LogP contribution in [0.2, 0.25) is 0 Å². The van der Waals surface area contributed by atoms with E-state index >= 15 is 0 Å². The van der Waals surface area contributed by atoms with Crippen molar-refractivity contribution in [1.82, 2.24) is 0 Å². The first-order chi connectivity index (χ1) is 10.2. The Kier molecular flexibility index (Phi) is 6.12. The monoisotopic (exact) mass is 418 g/mol. The molecule has 2 aliphatic rings. The molecule has 0 atom stereocenters. The molecule has 0 spiro atoms. The third kappa shape index (κ3) is 3.58. The van der Waals surface area contributed by atoms with Crippen molar-refractivity contribution in [3.63, 3.8) is 0 Å². The summed E-state index contributed by atoms with van der Waals surface area (Å²) in [5, 5.41) is 0. The minimum atomic E-state index is -0.737. The molecule has 23 heavy (non-hydrogen) atoms. The Morgan fingerprint density at radius 1 is 0.696 bits per heavy atom. The Bertz CT molecular complexity index is 736. The van der Waals surface area contributed by atoms with Crippen molar-refractivity contribution in [2.24, 2.45) is 0 Å². The van der Waals surface area contributed by atoms with E-state index in [9.17, 15) is 0 Å². The van der Waals surface area contributed by atoms with Gasteiger partial charge in [-0.3, -0.25) is 0 Å². The van der Waals surface area contributed by atoms with Gasteiger partial charge in [-0.05, 0) is 0 Å². The maximum atomic E-state index is 2.41. The SMILES string of the molecule is CC1=Cc2c(ccc[c]2[Zr+2][c]2cccc3c2C=C(C)C3)C1.[Cl-].[Cl-]. The van der Waals surface area contributed by atoms with Crippen molar-refractivity contribution in [2.75, 3.05) is 0 Å². The van der Waals surface area contributed by atoms with Crippen molar-refractivity contribution >= 4 is 18.7 Å². The van der Waals surface area contributed by atoms with E-state index in [0.29, 0.717) is 0 Å². The van der Waals surface area contributed by atoms with E-state index in [4.69, 9.17) is 0 Å². The van der Waals surface area contributed by atoms with Gasteiger partial charge in [-0.15, -0.1) is 0 Å². The average molecular weight is 420 g/mol. The van der Waals surface area contributed by atoms with Gasteiger partial charge in [-0.2, -0.15) is 0 Å². The topological polar surface area (TPSA) is 0 Å². The first-order valence-corrected chi connectivity index (χ1v) is 10.0. The summed E-state index contributed by atoms with van der Waals surface area (Å²) in [6.45, 7) is 4.50. The second-order valence-electron chi connectivity index (χ2n) is 6.22. The molecule has 2 aromatic carbocycles. The molecular weight excluding hydrogens is 402 g/mol. The largest absolute Gasteiger partial charge is 1.00 e. The Hall–Kier alpha value is -0.617. The smallest absolute Gasteiger partial charge is 1.00 e. The molecule has 0 saturated carbocycles. The van der Waals surface area contributed by atoms with Crippen LogP contribution in [0, 0.1) is 0 Å². The minimum absolute atomic E-state index is 0. The van der Waals surface area contributed by atoms with Gasteiger partial charge in [0.2, 0.25) is 0 Å². The van der Waals surface area contributed by atoms with Gasteiger partial charge in [-0.1, -0.05) is 0 Å². The van der Waals surface area contributed by atoms with Crippen LogP contribution in [0.15, 0.2) is 47.5 Å². The molecule has 0 radical (unpaired) electrons. The molecule has 116 valence electrons. The van der Waals surface area contributed by atoms with E-state index < -0.39 is 23.2 Å². The van der Waals surface area contributed by atoms with Crippen LogP contribution >= 0.6 is 0 Å². The van der Waals surface area contributed by atoms with Crippen LogP contribution in [-0.2, 0) is 36.1 Å². The van der Waals surface area contributed by atoms with E-state index in [-0.39, 0.29) is 24.8 Å². The van der Waals surface area contributed by atoms with Gasteiger partial charge >= 0.3 is 138 Å². The average Bonchev–Trinajstić information content (AvgIpc) is 3.01. The van der Waals surface area contributed by atoms with Gasteiger partial charge in [0.15, 0.2) is 0 Å². The second kappa shape index (κ2) is 7.51. The van der Waals surface area contributed by atoms with Gasteiger partial charge in [-0.25, -0.2) is 0 Å². The molecule has 0 aromatic heterocycles. The summed E-state index contributed by atoms with van der Waals surface area (Å²) in [5.74, 6) is 0. The number of hydrogen-bond donors (Lipinski definition) is 0. The molecular formula is C20H18Cl2Zr. The van der Waals surface area contributed by atoms with Gasteiger partial charge in [0, 0.05) is 0 Å². The molecule has 0 amide bonds. The minimum Gasteiger partial charge on any atom is -1.00 e. The maximum Gasteiger partial charge on any atom is -1.00 e. The summed E-state index contributed by atoms with van der Waals surface area (Å²) < 4.78 is 3.28. The summed E-state index contributed by atoms with van der Waals surface area (Å²) in [6, 6.07) is 13.8. The van der Waals surface area contributed by atoms with Crippen LogP contribution in [0.1, 0.15) is 36.1 Å². The first kappa shape index (κ1) is 18.7. The van der Waals surface area contributed by atoms with E-state index in [2.05, 4.69) is 62.4 Å². The maximum absolute atomic E-state index is 2.41. The summed E-state index contributed by atoms with van der Waals surface area (Å²) in [5.41, 5.74) is 9.16. The number of hydrogen-bond acceptors (Lipinski definition) is 0. The second-order valence-corrected chi connectivity index (χ2v) is 9.48. The number of halogens is 2. The molecule has 0 fully saturated rings. The Balaban J connectivity index is 0.000000960. The molecule has 0 heterocycles. The van der Waals surface area contributed by atoms with Crippen molar-refractivity contribution in [3.05, 3.63) is 69.8 Å². The van der Waals surface area contributed by atoms with Gasteiger partial charge < -0.3 is 24.8 Å². The molecule has 0 nitrogen and oxygen atoms in total. The van der Waals surface area contributed by atoms with Crippen molar-refractivity contribution < 1.29 is 48.0 Å². The molecule has 0 unspecified atom stereocenters. The Morgan fingerprint density at radius 2 is 1.13 bits per heavy atom. The number of rotatable bonds is 2. The van der Waals surface area contributed by atoms with Crippen molar-refractivity contribution in [1.29, 1.82) is 0 Å². The van der Waals surface area contributed by atoms with Crippen molar-refractivity contribution in [3.8, 4) is 0 Å². The van der Waals surface area contributed by atoms with E-state index in [0.717, 1.165) is 12.8 Å². The van der Waals surface area contributed by atoms with Crippen LogP contribution in [0.25, 0.3) is 12.2 Å². The van der Waals surface area contributed by atoms with Crippen LogP contribution in [0.4, 0.5) is 0 Å². The van der Waals surface area contributed by atoms with Crippen LogP contribution in [0.5, 0.6) is 0 Å². The molecule has 4 rings (SSSR count). The number of fused-ring (bicyclic) bond motifs is 2. The summed E-state index contributed by atoms with van der Waals surface area (Å²) in [4.78, 5) is 0. The quantitative estimate of drug-likeness (QED) is 0.511. The summed E-state index contributed by atoms with van der Waals surface area (Å²) >= 11 is -0.737. The fraction of sp³-hybridized carbons (Fsp3) is 0.200. The third-order valence-electron chi connectivity index (χ3n) is 4.38. The number of benzene rings is 2. The first-order valence-electron chi connectivity index (χ1n) is 7.56. The van der Waals surface area contributed by atoms with E-state index in [1.165, 1.54) is 33.4 Å².